The molecule has 22 heavy (non-hydrogen) atoms. The summed E-state index contributed by atoms with van der Waals surface area (Å²) in [7, 11) is 0. The molecule has 1 amide bonds. The zero-order valence-corrected chi connectivity index (χ0v) is 12.9. The summed E-state index contributed by atoms with van der Waals surface area (Å²) >= 11 is 0. The lowest BCUT2D eigenvalue weighted by molar-refractivity contribution is -0.125. The average Bonchev–Trinajstić information content (AvgIpc) is 2.49. The molecule has 0 radical (unpaired) electrons. The van der Waals surface area contributed by atoms with Crippen LogP contribution in [0, 0.1) is 5.82 Å². The summed E-state index contributed by atoms with van der Waals surface area (Å²) in [5, 5.41) is 2.91. The summed E-state index contributed by atoms with van der Waals surface area (Å²) in [6, 6.07) is 13.7. The van der Waals surface area contributed by atoms with Gasteiger partial charge in [-0.25, -0.2) is 4.39 Å². The lowest BCUT2D eigenvalue weighted by Crippen LogP contribution is -2.41. The highest BCUT2D eigenvalue weighted by atomic mass is 19.1. The van der Waals surface area contributed by atoms with E-state index >= 15 is 0 Å². The summed E-state index contributed by atoms with van der Waals surface area (Å²) in [4.78, 5) is 12.4. The van der Waals surface area contributed by atoms with Gasteiger partial charge in [0, 0.05) is 12.2 Å². The lowest BCUT2D eigenvalue weighted by Gasteiger charge is -2.24. The Balaban J connectivity index is 1.95. The van der Waals surface area contributed by atoms with Crippen LogP contribution in [0.3, 0.4) is 0 Å². The molecule has 0 unspecified atom stereocenters. The first-order valence-electron chi connectivity index (χ1n) is 7.28. The number of benzene rings is 2. The van der Waals surface area contributed by atoms with Crippen LogP contribution in [0.25, 0.3) is 0 Å². The average molecular weight is 300 g/mol. The number of anilines is 1. The predicted molar refractivity (Wildman–Crippen MR) is 87.0 cm³/mol. The molecule has 116 valence electrons. The van der Waals surface area contributed by atoms with Crippen molar-refractivity contribution in [2.24, 2.45) is 0 Å². The topological polar surface area (TPSA) is 55.1 Å². The minimum atomic E-state index is -0.775. The number of nitrogens with one attached hydrogen (secondary N) is 1. The Bertz CT molecular complexity index is 650. The second-order valence-electron chi connectivity index (χ2n) is 5.88. The van der Waals surface area contributed by atoms with Crippen LogP contribution in [0.2, 0.25) is 0 Å². The molecule has 0 aliphatic heterocycles. The molecule has 2 aromatic carbocycles. The van der Waals surface area contributed by atoms with Gasteiger partial charge < -0.3 is 11.1 Å². The normalized spacial score (nSPS) is 11.2. The van der Waals surface area contributed by atoms with Crippen molar-refractivity contribution >= 4 is 11.6 Å². The van der Waals surface area contributed by atoms with E-state index in [4.69, 9.17) is 5.73 Å². The van der Waals surface area contributed by atoms with Crippen molar-refractivity contribution in [2.75, 3.05) is 12.3 Å². The van der Waals surface area contributed by atoms with Gasteiger partial charge in [-0.1, -0.05) is 24.3 Å². The van der Waals surface area contributed by atoms with Gasteiger partial charge in [-0.3, -0.25) is 4.79 Å². The highest BCUT2D eigenvalue weighted by Crippen LogP contribution is 2.23. The molecular formula is C18H21FN2O. The Morgan fingerprint density at radius 3 is 2.50 bits per heavy atom. The van der Waals surface area contributed by atoms with Crippen molar-refractivity contribution in [3.8, 4) is 0 Å². The molecule has 0 spiro atoms. The van der Waals surface area contributed by atoms with Gasteiger partial charge in [0.05, 0.1) is 5.41 Å². The monoisotopic (exact) mass is 300 g/mol. The molecule has 0 aromatic heterocycles. The summed E-state index contributed by atoms with van der Waals surface area (Å²) in [5.74, 6) is -0.450. The molecule has 2 aromatic rings. The van der Waals surface area contributed by atoms with Gasteiger partial charge in [0.1, 0.15) is 5.82 Å². The van der Waals surface area contributed by atoms with E-state index in [1.165, 1.54) is 12.1 Å². The number of amides is 1. The van der Waals surface area contributed by atoms with Crippen molar-refractivity contribution < 1.29 is 9.18 Å². The largest absolute Gasteiger partial charge is 0.399 e. The Hall–Kier alpha value is -2.36. The summed E-state index contributed by atoms with van der Waals surface area (Å²) in [6.07, 6.45) is 0.727. The van der Waals surface area contributed by atoms with Crippen LogP contribution in [0.1, 0.15) is 25.0 Å². The number of rotatable bonds is 5. The maximum absolute atomic E-state index is 13.3. The molecule has 0 aliphatic rings. The number of carbonyl (C=O) groups is 1. The van der Waals surface area contributed by atoms with Crippen LogP contribution in [0.4, 0.5) is 10.1 Å². The van der Waals surface area contributed by atoms with Crippen molar-refractivity contribution in [3.63, 3.8) is 0 Å². The van der Waals surface area contributed by atoms with Crippen LogP contribution in [0.15, 0.2) is 48.5 Å². The molecule has 0 fully saturated rings. The Labute approximate surface area is 130 Å². The third-order valence-corrected chi connectivity index (χ3v) is 3.79. The van der Waals surface area contributed by atoms with E-state index in [1.54, 1.807) is 26.0 Å². The van der Waals surface area contributed by atoms with Crippen molar-refractivity contribution in [1.82, 2.24) is 5.32 Å². The summed E-state index contributed by atoms with van der Waals surface area (Å²) in [5.41, 5.74) is 7.36. The quantitative estimate of drug-likeness (QED) is 0.834. The number of halogens is 1. The van der Waals surface area contributed by atoms with Crippen LogP contribution in [0.5, 0.6) is 0 Å². The number of hydrogen-bond acceptors (Lipinski definition) is 2. The van der Waals surface area contributed by atoms with Gasteiger partial charge in [0.25, 0.3) is 0 Å². The first-order chi connectivity index (χ1) is 10.4. The van der Waals surface area contributed by atoms with Crippen LogP contribution >= 0.6 is 0 Å². The fourth-order valence-electron chi connectivity index (χ4n) is 2.23. The highest BCUT2D eigenvalue weighted by molar-refractivity contribution is 5.87. The van der Waals surface area contributed by atoms with Crippen molar-refractivity contribution in [1.29, 1.82) is 0 Å². The van der Waals surface area contributed by atoms with Crippen LogP contribution in [-0.4, -0.2) is 12.5 Å². The van der Waals surface area contributed by atoms with E-state index in [0.29, 0.717) is 12.1 Å². The maximum Gasteiger partial charge on any atom is 0.230 e. The summed E-state index contributed by atoms with van der Waals surface area (Å²) < 4.78 is 13.3. The fraction of sp³-hybridized carbons (Fsp3) is 0.278. The molecular weight excluding hydrogens is 279 g/mol. The maximum atomic E-state index is 13.3. The SMILES string of the molecule is CC(C)(C(=O)NCCc1ccc(N)cc1)c1cccc(F)c1. The van der Waals surface area contributed by atoms with Crippen molar-refractivity contribution in [2.45, 2.75) is 25.7 Å². The molecule has 0 aliphatic carbocycles. The van der Waals surface area contributed by atoms with Gasteiger partial charge in [0.2, 0.25) is 5.91 Å². The highest BCUT2D eigenvalue weighted by Gasteiger charge is 2.29. The lowest BCUT2D eigenvalue weighted by atomic mass is 9.83. The number of nitrogens with two attached hydrogens (primary N) is 1. The van der Waals surface area contributed by atoms with Gasteiger partial charge in [-0.05, 0) is 55.7 Å². The van der Waals surface area contributed by atoms with Crippen LogP contribution in [-0.2, 0) is 16.6 Å². The Kier molecular flexibility index (Phi) is 4.81. The molecule has 4 heteroatoms. The van der Waals surface area contributed by atoms with Crippen molar-refractivity contribution in [3.05, 3.63) is 65.5 Å². The molecule has 0 saturated carbocycles. The summed E-state index contributed by atoms with van der Waals surface area (Å²) in [6.45, 7) is 4.11. The zero-order chi connectivity index (χ0) is 16.2. The van der Waals surface area contributed by atoms with E-state index in [-0.39, 0.29) is 11.7 Å². The molecule has 3 nitrogen and oxygen atoms in total. The Morgan fingerprint density at radius 2 is 1.86 bits per heavy atom. The van der Waals surface area contributed by atoms with Gasteiger partial charge >= 0.3 is 0 Å². The smallest absolute Gasteiger partial charge is 0.230 e. The third kappa shape index (κ3) is 3.85. The first-order valence-corrected chi connectivity index (χ1v) is 7.28. The molecule has 0 bridgehead atoms. The van der Waals surface area contributed by atoms with E-state index in [2.05, 4.69) is 5.32 Å². The molecule has 0 saturated heterocycles. The fourth-order valence-corrected chi connectivity index (χ4v) is 2.23. The minimum absolute atomic E-state index is 0.117. The van der Waals surface area contributed by atoms with Crippen LogP contribution < -0.4 is 11.1 Å². The number of carbonyl (C=O) groups excluding carboxylic acids is 1. The van der Waals surface area contributed by atoms with E-state index in [9.17, 15) is 9.18 Å². The molecule has 0 heterocycles. The third-order valence-electron chi connectivity index (χ3n) is 3.79. The predicted octanol–water partition coefficient (Wildman–Crippen LogP) is 3.04. The second-order valence-corrected chi connectivity index (χ2v) is 5.88. The van der Waals surface area contributed by atoms with Gasteiger partial charge in [0.15, 0.2) is 0 Å². The van der Waals surface area contributed by atoms with E-state index < -0.39 is 5.41 Å². The molecule has 0 atom stereocenters. The standard InChI is InChI=1S/C18H21FN2O/c1-18(2,14-4-3-5-15(19)12-14)17(22)21-11-10-13-6-8-16(20)9-7-13/h3-9,12H,10-11,20H2,1-2H3,(H,21,22). The zero-order valence-electron chi connectivity index (χ0n) is 12.9. The van der Waals surface area contributed by atoms with E-state index in [0.717, 1.165) is 17.7 Å². The van der Waals surface area contributed by atoms with Gasteiger partial charge in [-0.15, -0.1) is 0 Å². The Morgan fingerprint density at radius 1 is 1.18 bits per heavy atom. The van der Waals surface area contributed by atoms with E-state index in [1.807, 2.05) is 24.3 Å². The first kappa shape index (κ1) is 16.0. The molecule has 3 N–H and O–H groups in total. The second kappa shape index (κ2) is 6.60. The molecule has 2 rings (SSSR count). The number of nitrogen functional groups attached to an aromatic ring is 1. The number of hydrogen-bond donors (Lipinski definition) is 2. The van der Waals surface area contributed by atoms with Gasteiger partial charge in [-0.2, -0.15) is 0 Å². The minimum Gasteiger partial charge on any atom is -0.399 e.